The van der Waals surface area contributed by atoms with Crippen LogP contribution in [-0.4, -0.2) is 47.8 Å². The molecule has 3 rings (SSSR count). The molecule has 3 aromatic rings. The van der Waals surface area contributed by atoms with Crippen LogP contribution >= 0.6 is 0 Å². The monoisotopic (exact) mass is 376 g/mol. The number of rotatable bonds is 7. The van der Waals surface area contributed by atoms with Gasteiger partial charge in [-0.25, -0.2) is 0 Å². The Morgan fingerprint density at radius 3 is 2.39 bits per heavy atom. The van der Waals surface area contributed by atoms with Gasteiger partial charge in [-0.05, 0) is 37.7 Å². The van der Waals surface area contributed by atoms with E-state index < -0.39 is 0 Å². The van der Waals surface area contributed by atoms with Crippen LogP contribution in [0.5, 0.6) is 0 Å². The summed E-state index contributed by atoms with van der Waals surface area (Å²) in [5.74, 6) is 0.369. The van der Waals surface area contributed by atoms with Gasteiger partial charge < -0.3 is 10.2 Å². The molecule has 2 aromatic carbocycles. The summed E-state index contributed by atoms with van der Waals surface area (Å²) in [5, 5.41) is 7.64. The van der Waals surface area contributed by atoms with Crippen LogP contribution in [0, 0.1) is 5.92 Å². The van der Waals surface area contributed by atoms with Gasteiger partial charge in [-0.3, -0.25) is 9.48 Å². The van der Waals surface area contributed by atoms with Crippen molar-refractivity contribution in [3.05, 3.63) is 66.4 Å². The molecule has 0 fully saturated rings. The molecule has 0 aliphatic carbocycles. The van der Waals surface area contributed by atoms with E-state index in [1.54, 1.807) is 0 Å². The lowest BCUT2D eigenvalue weighted by molar-refractivity contribution is 0.0946. The van der Waals surface area contributed by atoms with Gasteiger partial charge in [0.25, 0.3) is 5.91 Å². The molecule has 0 radical (unpaired) electrons. The molecule has 146 valence electrons. The maximum atomic E-state index is 12.4. The van der Waals surface area contributed by atoms with Crippen LogP contribution in [0.15, 0.2) is 60.8 Å². The highest BCUT2D eigenvalue weighted by atomic mass is 16.1. The third-order valence-electron chi connectivity index (χ3n) is 4.62. The van der Waals surface area contributed by atoms with Crippen molar-refractivity contribution in [3.63, 3.8) is 0 Å². The van der Waals surface area contributed by atoms with E-state index in [1.165, 1.54) is 0 Å². The second-order valence-electron chi connectivity index (χ2n) is 7.59. The number of nitrogens with one attached hydrogen (secondary N) is 1. The first-order chi connectivity index (χ1) is 13.4. The quantitative estimate of drug-likeness (QED) is 0.684. The van der Waals surface area contributed by atoms with E-state index in [0.717, 1.165) is 28.9 Å². The number of carbonyl (C=O) groups is 1. The number of aryl methyl sites for hydroxylation is 1. The zero-order valence-corrected chi connectivity index (χ0v) is 17.0. The van der Waals surface area contributed by atoms with Crippen LogP contribution in [0.25, 0.3) is 22.4 Å². The van der Waals surface area contributed by atoms with Gasteiger partial charge in [-0.15, -0.1) is 0 Å². The Bertz CT molecular complexity index is 914. The SMILES string of the molecule is C[C@H](CNC(=O)c1ccc(-c2cn(C)nc2-c2ccccc2)cc1)CN(C)C. The molecular formula is C23H28N4O. The maximum Gasteiger partial charge on any atom is 0.251 e. The molecule has 1 amide bonds. The summed E-state index contributed by atoms with van der Waals surface area (Å²) in [6.45, 7) is 3.75. The van der Waals surface area contributed by atoms with Crippen LogP contribution in [0.4, 0.5) is 0 Å². The second-order valence-corrected chi connectivity index (χ2v) is 7.59. The van der Waals surface area contributed by atoms with Gasteiger partial charge in [0.1, 0.15) is 5.69 Å². The van der Waals surface area contributed by atoms with Gasteiger partial charge in [-0.1, -0.05) is 49.4 Å². The average Bonchev–Trinajstić information content (AvgIpc) is 3.08. The zero-order valence-electron chi connectivity index (χ0n) is 17.0. The molecule has 1 heterocycles. The maximum absolute atomic E-state index is 12.4. The molecule has 0 spiro atoms. The Labute approximate surface area is 167 Å². The van der Waals surface area contributed by atoms with E-state index in [9.17, 15) is 4.79 Å². The summed E-state index contributed by atoms with van der Waals surface area (Å²) < 4.78 is 1.82. The minimum Gasteiger partial charge on any atom is -0.352 e. The molecule has 0 saturated carbocycles. The summed E-state index contributed by atoms with van der Waals surface area (Å²) in [7, 11) is 6.00. The van der Waals surface area contributed by atoms with Gasteiger partial charge in [0, 0.05) is 43.0 Å². The lowest BCUT2D eigenvalue weighted by atomic mass is 10.0. The van der Waals surface area contributed by atoms with Crippen molar-refractivity contribution in [2.24, 2.45) is 13.0 Å². The summed E-state index contributed by atoms with van der Waals surface area (Å²) >= 11 is 0. The predicted octanol–water partition coefficient (Wildman–Crippen LogP) is 3.68. The van der Waals surface area contributed by atoms with E-state index in [1.807, 2.05) is 74.5 Å². The van der Waals surface area contributed by atoms with Crippen molar-refractivity contribution in [2.45, 2.75) is 6.92 Å². The van der Waals surface area contributed by atoms with Crippen LogP contribution in [-0.2, 0) is 7.05 Å². The molecular weight excluding hydrogens is 348 g/mol. The van der Waals surface area contributed by atoms with Crippen molar-refractivity contribution < 1.29 is 4.79 Å². The fourth-order valence-electron chi connectivity index (χ4n) is 3.37. The Morgan fingerprint density at radius 2 is 1.75 bits per heavy atom. The van der Waals surface area contributed by atoms with Crippen molar-refractivity contribution in [3.8, 4) is 22.4 Å². The molecule has 0 bridgehead atoms. The highest BCUT2D eigenvalue weighted by Crippen LogP contribution is 2.30. The molecule has 1 atom stereocenters. The first-order valence-corrected chi connectivity index (χ1v) is 9.56. The number of amides is 1. The van der Waals surface area contributed by atoms with E-state index in [0.29, 0.717) is 18.0 Å². The van der Waals surface area contributed by atoms with Crippen molar-refractivity contribution in [1.82, 2.24) is 20.0 Å². The summed E-state index contributed by atoms with van der Waals surface area (Å²) in [4.78, 5) is 14.6. The third-order valence-corrected chi connectivity index (χ3v) is 4.62. The van der Waals surface area contributed by atoms with Crippen molar-refractivity contribution in [2.75, 3.05) is 27.2 Å². The average molecular weight is 377 g/mol. The predicted molar refractivity (Wildman–Crippen MR) is 114 cm³/mol. The molecule has 0 saturated heterocycles. The molecule has 5 nitrogen and oxygen atoms in total. The summed E-state index contributed by atoms with van der Waals surface area (Å²) in [5.41, 5.74) is 4.79. The number of aromatic nitrogens is 2. The standard InChI is InChI=1S/C23H28N4O/c1-17(15-26(2)3)14-24-23(28)20-12-10-18(11-13-20)21-16-27(4)25-22(21)19-8-6-5-7-9-19/h5-13,16-17H,14-15H2,1-4H3,(H,24,28)/t17-/m1/s1. The molecule has 0 aliphatic rings. The van der Waals surface area contributed by atoms with E-state index >= 15 is 0 Å². The van der Waals surface area contributed by atoms with Crippen LogP contribution < -0.4 is 5.32 Å². The molecule has 0 aliphatic heterocycles. The van der Waals surface area contributed by atoms with Crippen molar-refractivity contribution >= 4 is 5.91 Å². The molecule has 28 heavy (non-hydrogen) atoms. The fraction of sp³-hybridized carbons (Fsp3) is 0.304. The first kappa shape index (κ1) is 19.8. The highest BCUT2D eigenvalue weighted by Gasteiger charge is 2.13. The number of carbonyl (C=O) groups excluding carboxylic acids is 1. The van der Waals surface area contributed by atoms with Gasteiger partial charge in [0.15, 0.2) is 0 Å². The molecule has 1 N–H and O–H groups in total. The van der Waals surface area contributed by atoms with E-state index in [-0.39, 0.29) is 5.91 Å². The largest absolute Gasteiger partial charge is 0.352 e. The molecule has 1 aromatic heterocycles. The zero-order chi connectivity index (χ0) is 20.1. The highest BCUT2D eigenvalue weighted by molar-refractivity contribution is 5.95. The van der Waals surface area contributed by atoms with Gasteiger partial charge >= 0.3 is 0 Å². The van der Waals surface area contributed by atoms with Gasteiger partial charge in [0.2, 0.25) is 0 Å². The third kappa shape index (κ3) is 4.87. The van der Waals surface area contributed by atoms with Crippen molar-refractivity contribution in [1.29, 1.82) is 0 Å². The number of benzene rings is 2. The number of hydrogen-bond acceptors (Lipinski definition) is 3. The Kier molecular flexibility index (Phi) is 6.26. The van der Waals surface area contributed by atoms with Gasteiger partial charge in [-0.2, -0.15) is 5.10 Å². The molecule has 0 unspecified atom stereocenters. The van der Waals surface area contributed by atoms with Crippen LogP contribution in [0.3, 0.4) is 0 Å². The normalized spacial score (nSPS) is 12.2. The lowest BCUT2D eigenvalue weighted by Crippen LogP contribution is -2.32. The van der Waals surface area contributed by atoms with Gasteiger partial charge in [0.05, 0.1) is 0 Å². The second kappa shape index (κ2) is 8.85. The van der Waals surface area contributed by atoms with Crippen LogP contribution in [0.2, 0.25) is 0 Å². The fourth-order valence-corrected chi connectivity index (χ4v) is 3.37. The van der Waals surface area contributed by atoms with E-state index in [2.05, 4.69) is 34.4 Å². The lowest BCUT2D eigenvalue weighted by Gasteiger charge is -2.17. The Balaban J connectivity index is 1.74. The summed E-state index contributed by atoms with van der Waals surface area (Å²) in [6, 6.07) is 17.9. The minimum atomic E-state index is -0.0355. The first-order valence-electron chi connectivity index (χ1n) is 9.56. The smallest absolute Gasteiger partial charge is 0.251 e. The number of nitrogens with zero attached hydrogens (tertiary/aromatic N) is 3. The topological polar surface area (TPSA) is 50.2 Å². The minimum absolute atomic E-state index is 0.0355. The summed E-state index contributed by atoms with van der Waals surface area (Å²) in [6.07, 6.45) is 2.01. The Morgan fingerprint density at radius 1 is 1.07 bits per heavy atom. The molecule has 5 heteroatoms. The van der Waals surface area contributed by atoms with Crippen LogP contribution in [0.1, 0.15) is 17.3 Å². The number of hydrogen-bond donors (Lipinski definition) is 1. The Hall–Kier alpha value is -2.92. The van der Waals surface area contributed by atoms with E-state index in [4.69, 9.17) is 0 Å².